The molecule has 0 aromatic heterocycles. The van der Waals surface area contributed by atoms with Crippen molar-refractivity contribution in [2.75, 3.05) is 0 Å². The minimum Gasteiger partial charge on any atom is -0.478 e. The SMILES string of the molecule is O=C(O)c1cc(C(=O)O)cc(C(=O)O)c1.O=C(O)c1ccc(-c2cc(-c3ccc(C(=O)O)cc3)cc(-c3ccc(C(=O)O)cc3)c2)cc1.O=C(O)c1ccc2cc(C(=O)O)ccc2c1. The summed E-state index contributed by atoms with van der Waals surface area (Å²) in [5, 5.41) is 72.4. The van der Waals surface area contributed by atoms with Crippen molar-refractivity contribution in [2.45, 2.75) is 0 Å². The highest BCUT2D eigenvalue weighted by Gasteiger charge is 2.15. The van der Waals surface area contributed by atoms with E-state index in [9.17, 15) is 53.7 Å². The zero-order valence-electron chi connectivity index (χ0n) is 32.7. The van der Waals surface area contributed by atoms with Crippen LogP contribution in [0.1, 0.15) is 82.9 Å². The van der Waals surface area contributed by atoms with Crippen molar-refractivity contribution in [1.82, 2.24) is 0 Å². The van der Waals surface area contributed by atoms with Gasteiger partial charge in [-0.05, 0) is 141 Å². The average molecular weight is 865 g/mol. The van der Waals surface area contributed by atoms with Crippen molar-refractivity contribution in [1.29, 1.82) is 0 Å². The standard InChI is InChI=1S/C27H18O6.C12H8O4.C9H6O6/c28-25(29)19-7-1-16(2-8-19)22-13-23(17-3-9-20(10-4-17)26(30)31)15-24(14-22)18-5-11-21(12-6-18)27(32)33;13-11(14)9-3-1-7-5-10(12(15)16)4-2-8(7)6-9;10-7(11)4-1-5(8(12)13)3-6(2-4)9(14)15/h1-15H,(H,28,29)(H,30,31)(H,32,33);1-6H,(H,13,14)(H,15,16);1-3H,(H,10,11)(H,12,13)(H,14,15). The van der Waals surface area contributed by atoms with Crippen LogP contribution in [0.3, 0.4) is 0 Å². The number of carbonyl (C=O) groups is 8. The number of benzene rings is 7. The summed E-state index contributed by atoms with van der Waals surface area (Å²) in [5.74, 6) is -9.13. The second-order valence-electron chi connectivity index (χ2n) is 13.5. The predicted octanol–water partition coefficient (Wildman–Crippen LogP) is 8.80. The smallest absolute Gasteiger partial charge is 0.335 e. The molecule has 0 saturated carbocycles. The van der Waals surface area contributed by atoms with E-state index in [2.05, 4.69) is 0 Å². The number of fused-ring (bicyclic) bond motifs is 1. The van der Waals surface area contributed by atoms with Crippen LogP contribution in [0.5, 0.6) is 0 Å². The molecule has 0 saturated heterocycles. The molecule has 0 aliphatic carbocycles. The molecule has 16 nitrogen and oxygen atoms in total. The number of hydrogen-bond acceptors (Lipinski definition) is 8. The molecular formula is C48H32O16. The Balaban J connectivity index is 0.000000206. The minimum absolute atomic E-state index is 0.184. The van der Waals surface area contributed by atoms with Crippen LogP contribution in [0.4, 0.5) is 0 Å². The number of rotatable bonds is 11. The Bertz CT molecular complexity index is 2670. The molecule has 64 heavy (non-hydrogen) atoms. The molecule has 0 aliphatic rings. The van der Waals surface area contributed by atoms with Crippen molar-refractivity contribution < 1.29 is 79.2 Å². The van der Waals surface area contributed by atoms with E-state index < -0.39 is 47.8 Å². The highest BCUT2D eigenvalue weighted by atomic mass is 16.4. The fourth-order valence-electron chi connectivity index (χ4n) is 6.05. The molecule has 7 aromatic carbocycles. The molecule has 320 valence electrons. The average Bonchev–Trinajstić information content (AvgIpc) is 3.28. The number of aromatic carboxylic acids is 8. The summed E-state index contributed by atoms with van der Waals surface area (Å²) in [6.45, 7) is 0. The van der Waals surface area contributed by atoms with Crippen molar-refractivity contribution in [3.05, 3.63) is 190 Å². The molecule has 0 fully saturated rings. The highest BCUT2D eigenvalue weighted by Crippen LogP contribution is 2.33. The van der Waals surface area contributed by atoms with Crippen molar-refractivity contribution in [3.8, 4) is 33.4 Å². The summed E-state index contributed by atoms with van der Waals surface area (Å²) < 4.78 is 0. The fraction of sp³-hybridized carbons (Fsp3) is 0. The topological polar surface area (TPSA) is 298 Å². The Morgan fingerprint density at radius 1 is 0.203 bits per heavy atom. The Hall–Kier alpha value is -9.44. The van der Waals surface area contributed by atoms with Gasteiger partial charge < -0.3 is 40.9 Å². The molecule has 8 N–H and O–H groups in total. The van der Waals surface area contributed by atoms with E-state index in [-0.39, 0.29) is 44.5 Å². The third kappa shape index (κ3) is 11.4. The molecule has 0 heterocycles. The summed E-state index contributed by atoms with van der Waals surface area (Å²) in [4.78, 5) is 86.7. The second-order valence-corrected chi connectivity index (χ2v) is 13.5. The van der Waals surface area contributed by atoms with Gasteiger partial charge in [-0.3, -0.25) is 0 Å². The summed E-state index contributed by atoms with van der Waals surface area (Å²) >= 11 is 0. The molecule has 0 spiro atoms. The minimum atomic E-state index is -1.37. The van der Waals surface area contributed by atoms with E-state index in [0.29, 0.717) is 10.8 Å². The summed E-state index contributed by atoms with van der Waals surface area (Å²) in [6.07, 6.45) is 0. The van der Waals surface area contributed by atoms with Gasteiger partial charge in [0.1, 0.15) is 0 Å². The Morgan fingerprint density at radius 3 is 0.609 bits per heavy atom. The zero-order chi connectivity index (χ0) is 46.8. The first-order chi connectivity index (χ1) is 30.3. The van der Waals surface area contributed by atoms with E-state index in [1.165, 1.54) is 60.7 Å². The molecule has 0 unspecified atom stereocenters. The fourth-order valence-corrected chi connectivity index (χ4v) is 6.05. The van der Waals surface area contributed by atoms with Gasteiger partial charge in [-0.1, -0.05) is 48.5 Å². The van der Waals surface area contributed by atoms with Crippen molar-refractivity contribution in [3.63, 3.8) is 0 Å². The van der Waals surface area contributed by atoms with Gasteiger partial charge in [0, 0.05) is 0 Å². The van der Waals surface area contributed by atoms with Crippen LogP contribution in [0, 0.1) is 0 Å². The van der Waals surface area contributed by atoms with Crippen molar-refractivity contribution in [2.24, 2.45) is 0 Å². The maximum absolute atomic E-state index is 11.2. The number of hydrogen-bond donors (Lipinski definition) is 8. The van der Waals surface area contributed by atoms with Crippen LogP contribution >= 0.6 is 0 Å². The lowest BCUT2D eigenvalue weighted by molar-refractivity contribution is 0.0673. The van der Waals surface area contributed by atoms with E-state index >= 15 is 0 Å². The van der Waals surface area contributed by atoms with Crippen molar-refractivity contribution >= 4 is 58.5 Å². The quantitative estimate of drug-likeness (QED) is 0.0602. The lowest BCUT2D eigenvalue weighted by atomic mass is 9.92. The lowest BCUT2D eigenvalue weighted by Gasteiger charge is -2.12. The maximum atomic E-state index is 11.2. The van der Waals surface area contributed by atoms with Gasteiger partial charge in [-0.15, -0.1) is 0 Å². The first kappa shape index (κ1) is 45.6. The number of carboxylic acid groups (broad SMARTS) is 8. The maximum Gasteiger partial charge on any atom is 0.335 e. The van der Waals surface area contributed by atoms with Crippen LogP contribution in [0.15, 0.2) is 146 Å². The zero-order valence-corrected chi connectivity index (χ0v) is 32.7. The first-order valence-electron chi connectivity index (χ1n) is 18.3. The van der Waals surface area contributed by atoms with E-state index in [1.807, 2.05) is 18.2 Å². The highest BCUT2D eigenvalue weighted by molar-refractivity contribution is 6.00. The van der Waals surface area contributed by atoms with Gasteiger partial charge in [-0.25, -0.2) is 38.4 Å². The molecule has 0 amide bonds. The van der Waals surface area contributed by atoms with Gasteiger partial charge in [-0.2, -0.15) is 0 Å². The lowest BCUT2D eigenvalue weighted by Crippen LogP contribution is -2.07. The molecule has 0 aliphatic heterocycles. The molecule has 0 bridgehead atoms. The predicted molar refractivity (Wildman–Crippen MR) is 229 cm³/mol. The summed E-state index contributed by atoms with van der Waals surface area (Å²) in [7, 11) is 0. The largest absolute Gasteiger partial charge is 0.478 e. The van der Waals surface area contributed by atoms with E-state index in [4.69, 9.17) is 25.5 Å². The van der Waals surface area contributed by atoms with Crippen LogP contribution in [-0.4, -0.2) is 88.6 Å². The third-order valence-corrected chi connectivity index (χ3v) is 9.34. The Kier molecular flexibility index (Phi) is 14.1. The van der Waals surface area contributed by atoms with Gasteiger partial charge in [0.2, 0.25) is 0 Å². The Labute approximate surface area is 360 Å². The monoisotopic (exact) mass is 864 g/mol. The molecule has 7 rings (SSSR count). The summed E-state index contributed by atoms with van der Waals surface area (Å²) in [6, 6.07) is 37.3. The van der Waals surface area contributed by atoms with Crippen LogP contribution < -0.4 is 0 Å². The van der Waals surface area contributed by atoms with Crippen LogP contribution in [0.2, 0.25) is 0 Å². The van der Waals surface area contributed by atoms with Crippen LogP contribution in [-0.2, 0) is 0 Å². The van der Waals surface area contributed by atoms with E-state index in [0.717, 1.165) is 51.6 Å². The summed E-state index contributed by atoms with van der Waals surface area (Å²) in [5.41, 5.74) is 4.78. The van der Waals surface area contributed by atoms with Gasteiger partial charge in [0.05, 0.1) is 44.5 Å². The molecule has 0 radical (unpaired) electrons. The first-order valence-corrected chi connectivity index (χ1v) is 18.3. The Morgan fingerprint density at radius 2 is 0.406 bits per heavy atom. The molecular weight excluding hydrogens is 833 g/mol. The van der Waals surface area contributed by atoms with Gasteiger partial charge in [0.15, 0.2) is 0 Å². The van der Waals surface area contributed by atoms with Gasteiger partial charge in [0.25, 0.3) is 0 Å². The molecule has 7 aromatic rings. The normalized spacial score (nSPS) is 10.2. The molecule has 16 heteroatoms. The second kappa shape index (κ2) is 19.7. The van der Waals surface area contributed by atoms with Gasteiger partial charge >= 0.3 is 47.8 Å². The van der Waals surface area contributed by atoms with Crippen LogP contribution in [0.25, 0.3) is 44.2 Å². The van der Waals surface area contributed by atoms with E-state index in [1.54, 1.807) is 48.5 Å². The number of carboxylic acids is 8. The third-order valence-electron chi connectivity index (χ3n) is 9.34. The molecule has 0 atom stereocenters.